The van der Waals surface area contributed by atoms with E-state index >= 15 is 0 Å². The zero-order chi connectivity index (χ0) is 42.1. The van der Waals surface area contributed by atoms with E-state index in [-0.39, 0.29) is 7.25 Å². The summed E-state index contributed by atoms with van der Waals surface area (Å²) in [7, 11) is 18.5. The second-order valence-electron chi connectivity index (χ2n) is 18.8. The van der Waals surface area contributed by atoms with Gasteiger partial charge in [-0.1, -0.05) is 0 Å². The third kappa shape index (κ3) is 5.62. The van der Waals surface area contributed by atoms with E-state index < -0.39 is 21.5 Å². The van der Waals surface area contributed by atoms with E-state index in [1.165, 1.54) is 88.3 Å². The van der Waals surface area contributed by atoms with Gasteiger partial charge >= 0.3 is 376 Å². The minimum absolute atomic E-state index is 0.198. The fraction of sp³-hybridized carbons (Fsp3) is 0.214. The molecule has 0 bridgehead atoms. The molecule has 2 aromatic heterocycles. The molecule has 12 rings (SSSR count). The van der Waals surface area contributed by atoms with Crippen LogP contribution in [0.3, 0.4) is 0 Å². The number of rotatable bonds is 7. The Bertz CT molecular complexity index is 3050. The number of hydrogen-bond donors (Lipinski definition) is 0. The second-order valence-corrected chi connectivity index (χ2v) is 61.3. The molecular weight excluding hydrogens is 895 g/mol. The molecule has 0 radical (unpaired) electrons. The van der Waals surface area contributed by atoms with Gasteiger partial charge in [-0.15, -0.1) is 0 Å². The van der Waals surface area contributed by atoms with Crippen molar-refractivity contribution in [3.63, 3.8) is 0 Å². The Hall–Kier alpha value is -4.44. The molecule has 2 atom stereocenters. The van der Waals surface area contributed by atoms with Gasteiger partial charge in [0.25, 0.3) is 0 Å². The average molecular weight is 944 g/mol. The molecule has 0 spiro atoms. The van der Waals surface area contributed by atoms with Crippen molar-refractivity contribution < 1.29 is 24.4 Å². The molecule has 0 aliphatic heterocycles. The molecule has 62 heavy (non-hydrogen) atoms. The number of allylic oxidation sites excluding steroid dienone is 2. The van der Waals surface area contributed by atoms with Gasteiger partial charge in [0.15, 0.2) is 0 Å². The molecule has 6 heteroatoms. The van der Waals surface area contributed by atoms with Crippen molar-refractivity contribution in [2.45, 2.75) is 72.7 Å². The molecule has 4 aliphatic carbocycles. The SMILES string of the molecule is Cc1ccc(C2=Cc3c(cc4c(c3-c3cccc5ccccc35)CCC4)[CH]2[Zr]([Cl])([Cl])([CH]2C(c3ccc(C)o3)=Cc3c2cc2c(c3-c3cccc4ccccc34)CCC2)[SiH](C)C)o1. The van der Waals surface area contributed by atoms with Crippen LogP contribution in [0.25, 0.3) is 67.1 Å². The molecule has 2 heterocycles. The van der Waals surface area contributed by atoms with Crippen LogP contribution in [-0.4, -0.2) is 5.92 Å². The van der Waals surface area contributed by atoms with Crippen molar-refractivity contribution in [1.29, 1.82) is 0 Å². The zero-order valence-electron chi connectivity index (χ0n) is 35.7. The number of hydrogen-bond acceptors (Lipinski definition) is 2. The molecule has 4 aliphatic rings. The first-order valence-corrected chi connectivity index (χ1v) is 38.9. The molecular formula is C56H49Cl2O2SiZr. The van der Waals surface area contributed by atoms with E-state index in [0.29, 0.717) is 0 Å². The summed E-state index contributed by atoms with van der Waals surface area (Å²) in [6.07, 6.45) is 11.5. The Morgan fingerprint density at radius 1 is 0.532 bits per heavy atom. The number of furan rings is 2. The van der Waals surface area contributed by atoms with Gasteiger partial charge in [0, 0.05) is 0 Å². The first-order chi connectivity index (χ1) is 30.1. The first kappa shape index (κ1) is 39.2. The molecule has 307 valence electrons. The van der Waals surface area contributed by atoms with Crippen LogP contribution in [-0.2, 0) is 41.2 Å². The minimum atomic E-state index is -5.47. The van der Waals surface area contributed by atoms with Crippen LogP contribution in [0.2, 0.25) is 13.1 Å². The Labute approximate surface area is 373 Å². The predicted molar refractivity (Wildman–Crippen MR) is 262 cm³/mol. The predicted octanol–water partition coefficient (Wildman–Crippen LogP) is 16.0. The van der Waals surface area contributed by atoms with Gasteiger partial charge in [-0.3, -0.25) is 0 Å². The summed E-state index contributed by atoms with van der Waals surface area (Å²) in [5.41, 5.74) is 18.6. The molecule has 0 saturated carbocycles. The van der Waals surface area contributed by atoms with Crippen LogP contribution in [0.1, 0.15) is 87.6 Å². The summed E-state index contributed by atoms with van der Waals surface area (Å²) in [6, 6.07) is 44.9. The van der Waals surface area contributed by atoms with Gasteiger partial charge in [0.1, 0.15) is 0 Å². The van der Waals surface area contributed by atoms with Crippen LogP contribution in [0.15, 0.2) is 130 Å². The van der Waals surface area contributed by atoms with Crippen LogP contribution in [0, 0.1) is 13.8 Å². The van der Waals surface area contributed by atoms with Gasteiger partial charge in [-0.25, -0.2) is 0 Å². The molecule has 0 N–H and O–H groups in total. The summed E-state index contributed by atoms with van der Waals surface area (Å²) < 4.78 is 13.0. The van der Waals surface area contributed by atoms with E-state index in [1.54, 1.807) is 0 Å². The third-order valence-electron chi connectivity index (χ3n) is 15.2. The number of fused-ring (bicyclic) bond motifs is 6. The maximum absolute atomic E-state index is 9.26. The van der Waals surface area contributed by atoms with E-state index in [9.17, 15) is 17.0 Å². The van der Waals surface area contributed by atoms with Crippen molar-refractivity contribution in [3.8, 4) is 22.3 Å². The molecule has 2 unspecified atom stereocenters. The molecule has 6 aromatic carbocycles. The summed E-state index contributed by atoms with van der Waals surface area (Å²) in [5.74, 6) is 1.57. The van der Waals surface area contributed by atoms with Crippen molar-refractivity contribution in [2.24, 2.45) is 0 Å². The quantitative estimate of drug-likeness (QED) is 0.149. The van der Waals surface area contributed by atoms with Crippen molar-refractivity contribution in [3.05, 3.63) is 189 Å². The average Bonchev–Trinajstić information content (AvgIpc) is 4.14. The summed E-state index contributed by atoms with van der Waals surface area (Å²) in [6.45, 7) is 9.00. The van der Waals surface area contributed by atoms with Crippen LogP contribution in [0.5, 0.6) is 0 Å². The van der Waals surface area contributed by atoms with Crippen LogP contribution >= 0.6 is 17.0 Å². The third-order valence-corrected chi connectivity index (χ3v) is 66.7. The maximum atomic E-state index is 9.26. The van der Waals surface area contributed by atoms with E-state index in [0.717, 1.165) is 72.7 Å². The van der Waals surface area contributed by atoms with E-state index in [1.807, 2.05) is 13.8 Å². The molecule has 0 saturated heterocycles. The molecule has 8 aromatic rings. The summed E-state index contributed by atoms with van der Waals surface area (Å²) >= 11 is -5.47. The number of halogens is 2. The fourth-order valence-corrected chi connectivity index (χ4v) is 42.2. The number of benzene rings is 6. The summed E-state index contributed by atoms with van der Waals surface area (Å²) in [4.78, 5) is 0. The topological polar surface area (TPSA) is 26.3 Å². The van der Waals surface area contributed by atoms with Crippen LogP contribution in [0.4, 0.5) is 0 Å². The van der Waals surface area contributed by atoms with E-state index in [4.69, 9.17) is 8.83 Å². The standard InChI is InChI=1S/2C27H21O.C2H7Si.2ClH.Zr/c2*1-17-12-13-26(28-17)21-15-20-14-19-8-5-10-23(19)27(25(20)16-21)24-11-4-7-18-6-2-3-9-22(18)24;1-3-2;;;/h2*2-4,6-7,9,11-16H,5,8,10H2,1H3;3H,1-2H3;2*1H;/q;;;;;+2/p-2. The van der Waals surface area contributed by atoms with Gasteiger partial charge in [-0.05, 0) is 0 Å². The van der Waals surface area contributed by atoms with Crippen molar-refractivity contribution in [1.82, 2.24) is 0 Å². The number of aryl methyl sites for hydroxylation is 4. The molecule has 0 amide bonds. The van der Waals surface area contributed by atoms with E-state index in [2.05, 4.69) is 147 Å². The normalized spacial score (nSPS) is 18.5. The Kier molecular flexibility index (Phi) is 9.02. The Balaban J connectivity index is 1.18. The van der Waals surface area contributed by atoms with Crippen molar-refractivity contribution >= 4 is 67.8 Å². The Morgan fingerprint density at radius 3 is 1.39 bits per heavy atom. The zero-order valence-corrected chi connectivity index (χ0v) is 40.9. The van der Waals surface area contributed by atoms with Gasteiger partial charge in [-0.2, -0.15) is 0 Å². The fourth-order valence-electron chi connectivity index (χ4n) is 12.3. The second kappa shape index (κ2) is 14.3. The van der Waals surface area contributed by atoms with Gasteiger partial charge < -0.3 is 0 Å². The van der Waals surface area contributed by atoms with Crippen molar-refractivity contribution in [2.75, 3.05) is 0 Å². The monoisotopic (exact) mass is 941 g/mol. The first-order valence-electron chi connectivity index (χ1n) is 22.6. The Morgan fingerprint density at radius 2 is 0.968 bits per heavy atom. The molecule has 0 fully saturated rings. The molecule has 2 nitrogen and oxygen atoms in total. The van der Waals surface area contributed by atoms with Crippen LogP contribution < -0.4 is 0 Å². The van der Waals surface area contributed by atoms with Gasteiger partial charge in [0.05, 0.1) is 0 Å². The summed E-state index contributed by atoms with van der Waals surface area (Å²) in [5, 5.41) is 5.07. The van der Waals surface area contributed by atoms with Gasteiger partial charge in [0.2, 0.25) is 0 Å².